The Hall–Kier alpha value is -2.13. The Morgan fingerprint density at radius 3 is 1.69 bits per heavy atom. The molecule has 0 saturated carbocycles. The molecule has 0 saturated heterocycles. The molecule has 0 bridgehead atoms. The number of hydrogen-bond acceptors (Lipinski definition) is 2. The molecule has 0 aliphatic rings. The van der Waals surface area contributed by atoms with Gasteiger partial charge in [-0.1, -0.05) is 122 Å². The minimum atomic E-state index is -0.512. The Balaban J connectivity index is 1.62. The number of hydrogen-bond donors (Lipinski definition) is 1. The third-order valence-electron chi connectivity index (χ3n) is 8.68. The number of aromatic amines is 1. The topological polar surface area (TPSA) is 36.1 Å². The summed E-state index contributed by atoms with van der Waals surface area (Å²) in [6.07, 6.45) is 21.1. The first-order valence-electron chi connectivity index (χ1n) is 16.3. The third kappa shape index (κ3) is 9.48. The predicted molar refractivity (Wildman–Crippen MR) is 171 cm³/mol. The smallest absolute Gasteiger partial charge is 0.182 e. The summed E-state index contributed by atoms with van der Waals surface area (Å²) in [4.78, 5) is 20.0. The van der Waals surface area contributed by atoms with Crippen LogP contribution in [0.25, 0.3) is 21.8 Å². The van der Waals surface area contributed by atoms with Crippen LogP contribution in [0, 0.1) is 0 Å². The van der Waals surface area contributed by atoms with Gasteiger partial charge in [-0.3, -0.25) is 9.69 Å². The third-order valence-corrected chi connectivity index (χ3v) is 8.68. The molecule has 0 aliphatic heterocycles. The molecule has 0 unspecified atom stereocenters. The molecule has 0 fully saturated rings. The number of nitrogens with one attached hydrogen (secondary N) is 1. The van der Waals surface area contributed by atoms with Gasteiger partial charge in [0.05, 0.1) is 5.54 Å². The molecule has 2 aromatic carbocycles. The van der Waals surface area contributed by atoms with Gasteiger partial charge in [0.2, 0.25) is 0 Å². The van der Waals surface area contributed by atoms with Gasteiger partial charge in [0.25, 0.3) is 0 Å². The number of nitrogens with zero attached hydrogens (tertiary/aromatic N) is 1. The van der Waals surface area contributed by atoms with Crippen molar-refractivity contribution in [3.05, 3.63) is 48.0 Å². The van der Waals surface area contributed by atoms with E-state index in [1.807, 2.05) is 6.07 Å². The number of H-pyrrole nitrogens is 1. The van der Waals surface area contributed by atoms with Crippen LogP contribution in [0.3, 0.4) is 0 Å². The average molecular weight is 533 g/mol. The first kappa shape index (κ1) is 31.4. The molecule has 1 heterocycles. The van der Waals surface area contributed by atoms with Gasteiger partial charge in [-0.25, -0.2) is 0 Å². The molecule has 216 valence electrons. The molecule has 3 heteroatoms. The number of para-hydroxylation sites is 1. The summed E-state index contributed by atoms with van der Waals surface area (Å²) in [7, 11) is 0. The van der Waals surface area contributed by atoms with Gasteiger partial charge in [-0.15, -0.1) is 0 Å². The Kier molecular flexibility index (Phi) is 13.6. The van der Waals surface area contributed by atoms with Crippen molar-refractivity contribution >= 4 is 27.6 Å². The summed E-state index contributed by atoms with van der Waals surface area (Å²) in [5.41, 5.74) is 2.54. The number of ketones is 1. The maximum atomic E-state index is 14.0. The van der Waals surface area contributed by atoms with Crippen LogP contribution in [0.15, 0.2) is 42.5 Å². The van der Waals surface area contributed by atoms with Crippen LogP contribution < -0.4 is 0 Å². The molecule has 1 N–H and O–H groups in total. The lowest BCUT2D eigenvalue weighted by molar-refractivity contribution is 0.0627. The molecule has 3 nitrogen and oxygen atoms in total. The van der Waals surface area contributed by atoms with E-state index in [4.69, 9.17) is 0 Å². The molecule has 39 heavy (non-hydrogen) atoms. The van der Waals surface area contributed by atoms with E-state index in [0.29, 0.717) is 0 Å². The molecule has 3 rings (SSSR count). The Bertz CT molecular complexity index is 1090. The first-order valence-corrected chi connectivity index (χ1v) is 16.3. The largest absolute Gasteiger partial charge is 0.355 e. The number of aromatic nitrogens is 1. The van der Waals surface area contributed by atoms with Crippen molar-refractivity contribution in [1.82, 2.24) is 9.88 Å². The normalized spacial score (nSPS) is 12.2. The predicted octanol–water partition coefficient (Wildman–Crippen LogP) is 10.9. The van der Waals surface area contributed by atoms with Crippen molar-refractivity contribution < 1.29 is 4.79 Å². The molecule has 0 aliphatic carbocycles. The van der Waals surface area contributed by atoms with Crippen LogP contribution in [0.1, 0.15) is 141 Å². The van der Waals surface area contributed by atoms with Crippen LogP contribution >= 0.6 is 0 Å². The van der Waals surface area contributed by atoms with Crippen molar-refractivity contribution in [3.63, 3.8) is 0 Å². The summed E-state index contributed by atoms with van der Waals surface area (Å²) in [6.45, 7) is 10.9. The minimum Gasteiger partial charge on any atom is -0.355 e. The molecular formula is C36H56N2O. The number of benzene rings is 2. The lowest BCUT2D eigenvalue weighted by Gasteiger charge is -2.37. The molecule has 0 radical (unpaired) electrons. The zero-order valence-corrected chi connectivity index (χ0v) is 25.6. The molecule has 3 aromatic rings. The molecular weight excluding hydrogens is 476 g/mol. The zero-order valence-electron chi connectivity index (χ0n) is 25.6. The van der Waals surface area contributed by atoms with E-state index in [-0.39, 0.29) is 5.78 Å². The second-order valence-corrected chi connectivity index (χ2v) is 12.3. The van der Waals surface area contributed by atoms with Gasteiger partial charge >= 0.3 is 0 Å². The maximum Gasteiger partial charge on any atom is 0.182 e. The second kappa shape index (κ2) is 16.9. The van der Waals surface area contributed by atoms with Crippen molar-refractivity contribution in [2.45, 2.75) is 136 Å². The Morgan fingerprint density at radius 2 is 1.13 bits per heavy atom. The number of Topliss-reactive ketones (excluding diaryl/α,β-unsaturated/α-hetero) is 1. The van der Waals surface area contributed by atoms with Gasteiger partial charge in [0.15, 0.2) is 5.78 Å². The fraction of sp³-hybridized carbons (Fsp3) is 0.639. The zero-order chi connectivity index (χ0) is 27.9. The SMILES string of the molecule is CCCCCCCCCCN(CCCCCCCCCC)C(C)(C)C(=O)c1ccc2[nH]c3ccccc3c2c1. The summed E-state index contributed by atoms with van der Waals surface area (Å²) in [6, 6.07) is 14.6. The lowest BCUT2D eigenvalue weighted by atomic mass is 9.89. The summed E-state index contributed by atoms with van der Waals surface area (Å²) in [5.74, 6) is 0.244. The maximum absolute atomic E-state index is 14.0. The van der Waals surface area contributed by atoms with E-state index in [0.717, 1.165) is 35.1 Å². The quantitative estimate of drug-likeness (QED) is 0.109. The molecule has 0 atom stereocenters. The monoisotopic (exact) mass is 532 g/mol. The molecule has 0 spiro atoms. The van der Waals surface area contributed by atoms with Gasteiger partial charge in [-0.05, 0) is 64.0 Å². The van der Waals surface area contributed by atoms with E-state index >= 15 is 0 Å². The van der Waals surface area contributed by atoms with Crippen LogP contribution in [0.5, 0.6) is 0 Å². The van der Waals surface area contributed by atoms with E-state index in [9.17, 15) is 4.79 Å². The fourth-order valence-corrected chi connectivity index (χ4v) is 6.03. The standard InChI is InChI=1S/C36H56N2O/c1-5-7-9-11-13-15-17-21-27-38(28-22-18-16-14-12-10-8-6-2)36(3,4)35(39)30-25-26-34-32(29-30)31-23-19-20-24-33(31)37-34/h19-20,23-26,29,37H,5-18,21-22,27-28H2,1-4H3. The van der Waals surface area contributed by atoms with Crippen molar-refractivity contribution in [3.8, 4) is 0 Å². The van der Waals surface area contributed by atoms with E-state index in [2.05, 4.69) is 74.0 Å². The minimum absolute atomic E-state index is 0.244. The van der Waals surface area contributed by atoms with Crippen molar-refractivity contribution in [2.24, 2.45) is 0 Å². The number of rotatable bonds is 21. The number of carbonyl (C=O) groups excluding carboxylic acids is 1. The van der Waals surface area contributed by atoms with Gasteiger partial charge in [0.1, 0.15) is 0 Å². The fourth-order valence-electron chi connectivity index (χ4n) is 6.03. The highest BCUT2D eigenvalue weighted by Crippen LogP contribution is 2.29. The van der Waals surface area contributed by atoms with Gasteiger partial charge in [-0.2, -0.15) is 0 Å². The second-order valence-electron chi connectivity index (χ2n) is 12.3. The Labute approximate surface area is 239 Å². The Morgan fingerprint density at radius 1 is 0.641 bits per heavy atom. The highest BCUT2D eigenvalue weighted by atomic mass is 16.1. The van der Waals surface area contributed by atoms with E-state index in [1.165, 1.54) is 108 Å². The van der Waals surface area contributed by atoms with E-state index < -0.39 is 5.54 Å². The van der Waals surface area contributed by atoms with Crippen LogP contribution in [0.2, 0.25) is 0 Å². The van der Waals surface area contributed by atoms with E-state index in [1.54, 1.807) is 0 Å². The number of fused-ring (bicyclic) bond motifs is 3. The highest BCUT2D eigenvalue weighted by Gasteiger charge is 2.34. The van der Waals surface area contributed by atoms with Gasteiger partial charge in [0, 0.05) is 27.4 Å². The number of unbranched alkanes of at least 4 members (excludes halogenated alkanes) is 14. The van der Waals surface area contributed by atoms with Gasteiger partial charge < -0.3 is 4.98 Å². The van der Waals surface area contributed by atoms with Crippen LogP contribution in [0.4, 0.5) is 0 Å². The average Bonchev–Trinajstić information content (AvgIpc) is 3.32. The summed E-state index contributed by atoms with van der Waals surface area (Å²) < 4.78 is 0. The highest BCUT2D eigenvalue weighted by molar-refractivity contribution is 6.11. The summed E-state index contributed by atoms with van der Waals surface area (Å²) >= 11 is 0. The van der Waals surface area contributed by atoms with Crippen LogP contribution in [-0.4, -0.2) is 34.3 Å². The number of carbonyl (C=O) groups is 1. The molecule has 0 amide bonds. The van der Waals surface area contributed by atoms with Crippen molar-refractivity contribution in [1.29, 1.82) is 0 Å². The van der Waals surface area contributed by atoms with Crippen LogP contribution in [-0.2, 0) is 0 Å². The van der Waals surface area contributed by atoms with Crippen molar-refractivity contribution in [2.75, 3.05) is 13.1 Å². The first-order chi connectivity index (χ1) is 19.0. The molecule has 1 aromatic heterocycles. The summed E-state index contributed by atoms with van der Waals surface area (Å²) in [5, 5.41) is 2.33. The lowest BCUT2D eigenvalue weighted by Crippen LogP contribution is -2.51.